The summed E-state index contributed by atoms with van der Waals surface area (Å²) in [5.74, 6) is 1.22. The number of hydrogen-bond acceptors (Lipinski definition) is 7. The summed E-state index contributed by atoms with van der Waals surface area (Å²) in [4.78, 5) is 16.9. The van der Waals surface area contributed by atoms with Gasteiger partial charge >= 0.3 is 0 Å². The molecule has 1 aliphatic heterocycles. The molecule has 7 nitrogen and oxygen atoms in total. The second kappa shape index (κ2) is 8.62. The summed E-state index contributed by atoms with van der Waals surface area (Å²) in [6.07, 6.45) is 1.55. The maximum Gasteiger partial charge on any atom is 0.284 e. The van der Waals surface area contributed by atoms with Gasteiger partial charge in [0.1, 0.15) is 0 Å². The van der Waals surface area contributed by atoms with Gasteiger partial charge in [-0.2, -0.15) is 0 Å². The first-order valence-corrected chi connectivity index (χ1v) is 10.3. The van der Waals surface area contributed by atoms with Crippen LogP contribution < -0.4 is 0 Å². The summed E-state index contributed by atoms with van der Waals surface area (Å²) in [5, 5.41) is 8.28. The second-order valence-electron chi connectivity index (χ2n) is 6.64. The van der Waals surface area contributed by atoms with Crippen LogP contribution >= 0.6 is 11.8 Å². The van der Waals surface area contributed by atoms with Crippen LogP contribution in [-0.4, -0.2) is 57.8 Å². The number of thioether (sulfide) groups is 1. The third-order valence-electron chi connectivity index (χ3n) is 4.95. The lowest BCUT2D eigenvalue weighted by Crippen LogP contribution is -2.49. The summed E-state index contributed by atoms with van der Waals surface area (Å²) in [6.45, 7) is 5.43. The fourth-order valence-corrected chi connectivity index (χ4v) is 3.95. The molecule has 0 aliphatic carbocycles. The van der Waals surface area contributed by atoms with Crippen LogP contribution in [0.25, 0.3) is 11.7 Å². The molecule has 1 aliphatic rings. The third kappa shape index (κ3) is 4.28. The van der Waals surface area contributed by atoms with Crippen molar-refractivity contribution in [3.63, 3.8) is 0 Å². The molecule has 1 fully saturated rings. The minimum atomic E-state index is 0.0924. The Labute approximate surface area is 167 Å². The Morgan fingerprint density at radius 3 is 2.61 bits per heavy atom. The van der Waals surface area contributed by atoms with Crippen LogP contribution in [0.4, 0.5) is 0 Å². The van der Waals surface area contributed by atoms with E-state index in [-0.39, 0.29) is 11.7 Å². The molecule has 1 atom stereocenters. The SMILES string of the molecule is CC(c1ccccc1)N1CCN(C(=O)CSc2nnc(-c3ccco3)o2)CC1. The molecule has 3 aromatic rings. The molecule has 0 bridgehead atoms. The molecule has 0 N–H and O–H groups in total. The Morgan fingerprint density at radius 1 is 1.11 bits per heavy atom. The smallest absolute Gasteiger partial charge is 0.284 e. The highest BCUT2D eigenvalue weighted by molar-refractivity contribution is 7.99. The van der Waals surface area contributed by atoms with E-state index in [1.165, 1.54) is 17.3 Å². The molecule has 4 rings (SSSR count). The van der Waals surface area contributed by atoms with Gasteiger partial charge in [0.05, 0.1) is 12.0 Å². The van der Waals surface area contributed by atoms with Gasteiger partial charge in [0.2, 0.25) is 5.91 Å². The van der Waals surface area contributed by atoms with Crippen molar-refractivity contribution in [2.75, 3.05) is 31.9 Å². The summed E-state index contributed by atoms with van der Waals surface area (Å²) in [6, 6.07) is 14.3. The van der Waals surface area contributed by atoms with Crippen LogP contribution in [0, 0.1) is 0 Å². The van der Waals surface area contributed by atoms with Crippen LogP contribution in [0.15, 0.2) is 62.8 Å². The zero-order valence-corrected chi connectivity index (χ0v) is 16.5. The standard InChI is InChI=1S/C20H22N4O3S/c1-15(16-6-3-2-4-7-16)23-9-11-24(12-10-23)18(25)14-28-20-22-21-19(27-20)17-8-5-13-26-17/h2-8,13,15H,9-12,14H2,1H3. The van der Waals surface area contributed by atoms with E-state index in [1.54, 1.807) is 18.4 Å². The van der Waals surface area contributed by atoms with Crippen LogP contribution in [-0.2, 0) is 4.79 Å². The molecular weight excluding hydrogens is 376 g/mol. The zero-order chi connectivity index (χ0) is 19.3. The van der Waals surface area contributed by atoms with Crippen molar-refractivity contribution >= 4 is 17.7 Å². The molecule has 146 valence electrons. The van der Waals surface area contributed by atoms with E-state index in [9.17, 15) is 4.79 Å². The van der Waals surface area contributed by atoms with Crippen molar-refractivity contribution in [1.29, 1.82) is 0 Å². The largest absolute Gasteiger partial charge is 0.459 e. The van der Waals surface area contributed by atoms with Crippen molar-refractivity contribution in [3.8, 4) is 11.7 Å². The first-order valence-electron chi connectivity index (χ1n) is 9.27. The Kier molecular flexibility index (Phi) is 5.78. The normalized spacial score (nSPS) is 16.2. The molecule has 3 heterocycles. The lowest BCUT2D eigenvalue weighted by Gasteiger charge is -2.38. The highest BCUT2D eigenvalue weighted by atomic mass is 32.2. The lowest BCUT2D eigenvalue weighted by atomic mass is 10.1. The first-order chi connectivity index (χ1) is 13.7. The minimum absolute atomic E-state index is 0.0924. The van der Waals surface area contributed by atoms with Crippen LogP contribution in [0.1, 0.15) is 18.5 Å². The Hall–Kier alpha value is -2.58. The van der Waals surface area contributed by atoms with Crippen LogP contribution in [0.2, 0.25) is 0 Å². The van der Waals surface area contributed by atoms with Crippen LogP contribution in [0.3, 0.4) is 0 Å². The summed E-state index contributed by atoms with van der Waals surface area (Å²) < 4.78 is 10.8. The van der Waals surface area contributed by atoms with Crippen molar-refractivity contribution in [3.05, 3.63) is 54.3 Å². The number of carbonyl (C=O) groups is 1. The van der Waals surface area contributed by atoms with Gasteiger partial charge in [-0.25, -0.2) is 0 Å². The molecular formula is C20H22N4O3S. The van der Waals surface area contributed by atoms with Gasteiger partial charge in [0, 0.05) is 32.2 Å². The number of rotatable bonds is 6. The first kappa shape index (κ1) is 18.8. The molecule has 2 aromatic heterocycles. The van der Waals surface area contributed by atoms with E-state index in [0.717, 1.165) is 26.2 Å². The number of hydrogen-bond donors (Lipinski definition) is 0. The lowest BCUT2D eigenvalue weighted by molar-refractivity contribution is -0.130. The van der Waals surface area contributed by atoms with E-state index in [1.807, 2.05) is 11.0 Å². The number of amides is 1. The van der Waals surface area contributed by atoms with Gasteiger partial charge in [-0.3, -0.25) is 9.69 Å². The highest BCUT2D eigenvalue weighted by Gasteiger charge is 2.25. The van der Waals surface area contributed by atoms with Gasteiger partial charge < -0.3 is 13.7 Å². The Balaban J connectivity index is 1.25. The Bertz CT molecular complexity index is 889. The number of benzene rings is 1. The van der Waals surface area contributed by atoms with Crippen molar-refractivity contribution in [2.24, 2.45) is 0 Å². The van der Waals surface area contributed by atoms with E-state index in [2.05, 4.69) is 46.3 Å². The van der Waals surface area contributed by atoms with Gasteiger partial charge in [-0.1, -0.05) is 42.1 Å². The Morgan fingerprint density at radius 2 is 1.89 bits per heavy atom. The van der Waals surface area contributed by atoms with E-state index in [0.29, 0.717) is 22.9 Å². The molecule has 0 spiro atoms. The number of piperazine rings is 1. The molecule has 28 heavy (non-hydrogen) atoms. The number of carbonyl (C=O) groups excluding carboxylic acids is 1. The minimum Gasteiger partial charge on any atom is -0.459 e. The fraction of sp³-hybridized carbons (Fsp3) is 0.350. The molecule has 8 heteroatoms. The molecule has 1 amide bonds. The maximum absolute atomic E-state index is 12.5. The van der Waals surface area contributed by atoms with E-state index in [4.69, 9.17) is 8.83 Å². The van der Waals surface area contributed by atoms with Crippen molar-refractivity contribution in [1.82, 2.24) is 20.0 Å². The van der Waals surface area contributed by atoms with Gasteiger partial charge in [-0.15, -0.1) is 10.2 Å². The monoisotopic (exact) mass is 398 g/mol. The van der Waals surface area contributed by atoms with Gasteiger partial charge in [0.15, 0.2) is 5.76 Å². The summed E-state index contributed by atoms with van der Waals surface area (Å²) in [5.41, 5.74) is 1.31. The predicted octanol–water partition coefficient (Wildman–Crippen LogP) is 3.33. The zero-order valence-electron chi connectivity index (χ0n) is 15.7. The van der Waals surface area contributed by atoms with Gasteiger partial charge in [-0.05, 0) is 24.6 Å². The summed E-state index contributed by atoms with van der Waals surface area (Å²) >= 11 is 1.26. The molecule has 1 aromatic carbocycles. The number of nitrogens with zero attached hydrogens (tertiary/aromatic N) is 4. The van der Waals surface area contributed by atoms with Gasteiger partial charge in [0.25, 0.3) is 11.1 Å². The molecule has 1 saturated heterocycles. The number of furan rings is 1. The molecule has 0 radical (unpaired) electrons. The molecule has 0 saturated carbocycles. The highest BCUT2D eigenvalue weighted by Crippen LogP contribution is 2.24. The third-order valence-corrected chi connectivity index (χ3v) is 5.76. The average Bonchev–Trinajstić information content (AvgIpc) is 3.44. The second-order valence-corrected chi connectivity index (χ2v) is 7.57. The maximum atomic E-state index is 12.5. The predicted molar refractivity (Wildman–Crippen MR) is 106 cm³/mol. The van der Waals surface area contributed by atoms with Crippen molar-refractivity contribution in [2.45, 2.75) is 18.2 Å². The number of aromatic nitrogens is 2. The average molecular weight is 398 g/mol. The van der Waals surface area contributed by atoms with E-state index < -0.39 is 0 Å². The van der Waals surface area contributed by atoms with Crippen molar-refractivity contribution < 1.29 is 13.6 Å². The fourth-order valence-electron chi connectivity index (χ4n) is 3.28. The van der Waals surface area contributed by atoms with Crippen LogP contribution in [0.5, 0.6) is 0 Å². The van der Waals surface area contributed by atoms with E-state index >= 15 is 0 Å². The molecule has 1 unspecified atom stereocenters. The summed E-state index contributed by atoms with van der Waals surface area (Å²) in [7, 11) is 0. The quantitative estimate of drug-likeness (QED) is 0.590. The topological polar surface area (TPSA) is 75.6 Å².